The Morgan fingerprint density at radius 3 is 2.48 bits per heavy atom. The van der Waals surface area contributed by atoms with E-state index in [1.807, 2.05) is 0 Å². The van der Waals surface area contributed by atoms with Crippen molar-refractivity contribution in [2.45, 2.75) is 43.7 Å². The Hall–Kier alpha value is -2.50. The van der Waals surface area contributed by atoms with E-state index in [4.69, 9.17) is 5.14 Å². The third kappa shape index (κ3) is 4.04. The molecule has 2 N–H and O–H groups in total. The van der Waals surface area contributed by atoms with Crippen LogP contribution in [-0.4, -0.2) is 29.5 Å². The van der Waals surface area contributed by atoms with Gasteiger partial charge in [-0.3, -0.25) is 4.31 Å². The van der Waals surface area contributed by atoms with Gasteiger partial charge in [0.15, 0.2) is 0 Å². The SMILES string of the molecule is CC1Cc2cc(S(N)(=O)=O)ccc2N1S(=O)(=O)C1=Cc2ccc(OC(F)F)cc2CC1. The van der Waals surface area contributed by atoms with Gasteiger partial charge in [-0.1, -0.05) is 6.07 Å². The molecular formula is C20H20F2N2O5S2. The van der Waals surface area contributed by atoms with Crippen LogP contribution in [0.3, 0.4) is 0 Å². The number of sulfonamides is 2. The number of aryl methyl sites for hydroxylation is 1. The summed E-state index contributed by atoms with van der Waals surface area (Å²) in [5, 5.41) is 5.19. The number of rotatable bonds is 5. The topological polar surface area (TPSA) is 107 Å². The summed E-state index contributed by atoms with van der Waals surface area (Å²) in [6.07, 6.45) is 2.47. The Morgan fingerprint density at radius 1 is 1.06 bits per heavy atom. The van der Waals surface area contributed by atoms with Gasteiger partial charge in [0.05, 0.1) is 15.5 Å². The van der Waals surface area contributed by atoms with Crippen LogP contribution in [0.25, 0.3) is 6.08 Å². The first-order chi connectivity index (χ1) is 14.5. The molecule has 166 valence electrons. The van der Waals surface area contributed by atoms with E-state index in [0.29, 0.717) is 29.7 Å². The van der Waals surface area contributed by atoms with Crippen molar-refractivity contribution in [2.75, 3.05) is 4.31 Å². The first-order valence-corrected chi connectivity index (χ1v) is 12.4. The summed E-state index contributed by atoms with van der Waals surface area (Å²) in [4.78, 5) is 0.142. The van der Waals surface area contributed by atoms with Crippen molar-refractivity contribution in [1.82, 2.24) is 0 Å². The van der Waals surface area contributed by atoms with Gasteiger partial charge in [0.2, 0.25) is 10.0 Å². The summed E-state index contributed by atoms with van der Waals surface area (Å²) in [5.41, 5.74) is 2.37. The van der Waals surface area contributed by atoms with Gasteiger partial charge in [-0.15, -0.1) is 0 Å². The predicted molar refractivity (Wildman–Crippen MR) is 112 cm³/mol. The molecule has 0 saturated heterocycles. The van der Waals surface area contributed by atoms with Gasteiger partial charge in [0.1, 0.15) is 5.75 Å². The van der Waals surface area contributed by atoms with E-state index < -0.39 is 32.7 Å². The minimum atomic E-state index is -3.90. The van der Waals surface area contributed by atoms with E-state index in [1.165, 1.54) is 34.6 Å². The number of primary sulfonamides is 1. The maximum atomic E-state index is 13.5. The van der Waals surface area contributed by atoms with Crippen molar-refractivity contribution in [3.05, 3.63) is 58.0 Å². The fourth-order valence-electron chi connectivity index (χ4n) is 4.07. The summed E-state index contributed by atoms with van der Waals surface area (Å²) in [6.45, 7) is -1.18. The fourth-order valence-corrected chi connectivity index (χ4v) is 6.51. The van der Waals surface area contributed by atoms with Gasteiger partial charge < -0.3 is 4.74 Å². The average Bonchev–Trinajstić information content (AvgIpc) is 3.01. The second-order valence-electron chi connectivity index (χ2n) is 7.54. The van der Waals surface area contributed by atoms with Crippen molar-refractivity contribution in [3.8, 4) is 5.75 Å². The third-order valence-electron chi connectivity index (χ3n) is 5.42. The number of ether oxygens (including phenoxy) is 1. The normalized spacial score (nSPS) is 18.5. The van der Waals surface area contributed by atoms with Crippen LogP contribution in [0.5, 0.6) is 5.75 Å². The number of nitrogens with zero attached hydrogens (tertiary/aromatic N) is 1. The van der Waals surface area contributed by atoms with Crippen molar-refractivity contribution in [3.63, 3.8) is 0 Å². The summed E-state index contributed by atoms with van der Waals surface area (Å²) in [5.74, 6) is 0.0289. The highest BCUT2D eigenvalue weighted by Gasteiger charge is 2.38. The number of hydrogen-bond acceptors (Lipinski definition) is 5. The molecule has 4 rings (SSSR count). The monoisotopic (exact) mass is 470 g/mol. The maximum Gasteiger partial charge on any atom is 0.387 e. The van der Waals surface area contributed by atoms with Crippen LogP contribution in [-0.2, 0) is 32.9 Å². The number of fused-ring (bicyclic) bond motifs is 2. The molecule has 0 saturated carbocycles. The Kier molecular flexibility index (Phi) is 5.31. The van der Waals surface area contributed by atoms with E-state index in [1.54, 1.807) is 19.1 Å². The first kappa shape index (κ1) is 21.7. The van der Waals surface area contributed by atoms with Gasteiger partial charge in [-0.2, -0.15) is 8.78 Å². The molecule has 2 aromatic carbocycles. The zero-order valence-corrected chi connectivity index (χ0v) is 18.1. The van der Waals surface area contributed by atoms with E-state index in [9.17, 15) is 25.6 Å². The minimum Gasteiger partial charge on any atom is -0.435 e. The molecule has 0 bridgehead atoms. The second kappa shape index (κ2) is 7.57. The maximum absolute atomic E-state index is 13.5. The molecule has 2 aliphatic rings. The van der Waals surface area contributed by atoms with E-state index in [-0.39, 0.29) is 22.0 Å². The molecule has 7 nitrogen and oxygen atoms in total. The molecule has 1 aliphatic carbocycles. The lowest BCUT2D eigenvalue weighted by Gasteiger charge is -2.27. The number of benzene rings is 2. The second-order valence-corrected chi connectivity index (χ2v) is 11.0. The highest BCUT2D eigenvalue weighted by atomic mass is 32.2. The molecule has 0 fully saturated rings. The third-order valence-corrected chi connectivity index (χ3v) is 8.39. The molecular weight excluding hydrogens is 450 g/mol. The van der Waals surface area contributed by atoms with Gasteiger partial charge in [0, 0.05) is 6.04 Å². The number of halogens is 2. The smallest absolute Gasteiger partial charge is 0.387 e. The molecule has 0 radical (unpaired) electrons. The van der Waals surface area contributed by atoms with Crippen molar-refractivity contribution in [1.29, 1.82) is 0 Å². The van der Waals surface area contributed by atoms with E-state index in [0.717, 1.165) is 5.56 Å². The first-order valence-electron chi connectivity index (χ1n) is 9.45. The number of alkyl halides is 2. The van der Waals surface area contributed by atoms with E-state index in [2.05, 4.69) is 4.74 Å². The average molecular weight is 471 g/mol. The molecule has 31 heavy (non-hydrogen) atoms. The lowest BCUT2D eigenvalue weighted by atomic mass is 9.97. The lowest BCUT2D eigenvalue weighted by Crippen LogP contribution is -2.37. The van der Waals surface area contributed by atoms with Crippen LogP contribution in [0.15, 0.2) is 46.2 Å². The van der Waals surface area contributed by atoms with Crippen LogP contribution in [0.4, 0.5) is 14.5 Å². The molecule has 0 spiro atoms. The quantitative estimate of drug-likeness (QED) is 0.723. The van der Waals surface area contributed by atoms with E-state index >= 15 is 0 Å². The highest BCUT2D eigenvalue weighted by Crippen LogP contribution is 2.40. The van der Waals surface area contributed by atoms with Gasteiger partial charge >= 0.3 is 6.61 Å². The molecule has 0 aromatic heterocycles. The Bertz CT molecular complexity index is 1290. The van der Waals surface area contributed by atoms with Gasteiger partial charge in [-0.05, 0) is 79.3 Å². The fraction of sp³-hybridized carbons (Fsp3) is 0.300. The van der Waals surface area contributed by atoms with Crippen molar-refractivity contribution >= 4 is 31.8 Å². The molecule has 1 aliphatic heterocycles. The Morgan fingerprint density at radius 2 is 1.81 bits per heavy atom. The zero-order valence-electron chi connectivity index (χ0n) is 16.5. The largest absolute Gasteiger partial charge is 0.435 e. The van der Waals surface area contributed by atoms with Crippen LogP contribution in [0.2, 0.25) is 0 Å². The minimum absolute atomic E-state index is 0.0289. The summed E-state index contributed by atoms with van der Waals surface area (Å²) in [7, 11) is -7.78. The molecule has 1 unspecified atom stereocenters. The number of hydrogen-bond donors (Lipinski definition) is 1. The Balaban J connectivity index is 1.69. The highest BCUT2D eigenvalue weighted by molar-refractivity contribution is 7.96. The number of nitrogens with two attached hydrogens (primary N) is 1. The standard InChI is InChI=1S/C20H20F2N2O5S2/c1-12-8-15-11-17(30(23,25)26)6-7-19(15)24(12)31(27,28)18-5-3-13-9-16(29-20(21)22)4-2-14(13)10-18/h2,4,6-7,9-12,20H,3,5,8H2,1H3,(H2,23,25,26). The van der Waals surface area contributed by atoms with Gasteiger partial charge in [0.25, 0.3) is 10.0 Å². The summed E-state index contributed by atoms with van der Waals surface area (Å²) >= 11 is 0. The number of allylic oxidation sites excluding steroid dienone is 1. The molecule has 1 atom stereocenters. The molecule has 11 heteroatoms. The molecule has 0 amide bonds. The number of anilines is 1. The lowest BCUT2D eigenvalue weighted by molar-refractivity contribution is -0.0498. The van der Waals surface area contributed by atoms with Crippen LogP contribution in [0.1, 0.15) is 30.0 Å². The van der Waals surface area contributed by atoms with Gasteiger partial charge in [-0.25, -0.2) is 22.0 Å². The van der Waals surface area contributed by atoms with Crippen LogP contribution >= 0.6 is 0 Å². The van der Waals surface area contributed by atoms with Crippen LogP contribution < -0.4 is 14.2 Å². The molecule has 2 aromatic rings. The van der Waals surface area contributed by atoms with Crippen molar-refractivity contribution < 1.29 is 30.4 Å². The summed E-state index contributed by atoms with van der Waals surface area (Å²) in [6, 6.07) is 8.18. The van der Waals surface area contributed by atoms with Crippen LogP contribution in [0, 0.1) is 0 Å². The summed E-state index contributed by atoms with van der Waals surface area (Å²) < 4.78 is 80.7. The Labute approximate surface area is 179 Å². The molecule has 1 heterocycles. The predicted octanol–water partition coefficient (Wildman–Crippen LogP) is 3.00. The van der Waals surface area contributed by atoms with Crippen molar-refractivity contribution in [2.24, 2.45) is 5.14 Å². The zero-order chi connectivity index (χ0) is 22.6.